The van der Waals surface area contributed by atoms with E-state index >= 15 is 0 Å². The molecule has 1 aromatic carbocycles. The number of rotatable bonds is 7. The number of aliphatic hydroxyl groups is 1. The molecule has 1 N–H and O–H groups in total. The van der Waals surface area contributed by atoms with E-state index in [2.05, 4.69) is 0 Å². The first-order valence-electron chi connectivity index (χ1n) is 7.56. The largest absolute Gasteiger partial charge is 0.389 e. The standard InChI is InChI=1S/C17H28N2O2/c1-6-18(5)15(14-11-9-8-10-12-14)16(20)19(7-2)13-17(3,4)21/h8-12,15,21H,6-7,13H2,1-5H3. The molecule has 0 spiro atoms. The number of carbonyl (C=O) groups excluding carboxylic acids is 1. The quantitative estimate of drug-likeness (QED) is 0.838. The van der Waals surface area contributed by atoms with Crippen molar-refractivity contribution in [3.05, 3.63) is 35.9 Å². The number of benzene rings is 1. The van der Waals surface area contributed by atoms with Gasteiger partial charge in [-0.15, -0.1) is 0 Å². The molecule has 0 aliphatic heterocycles. The van der Waals surface area contributed by atoms with E-state index in [4.69, 9.17) is 0 Å². The van der Waals surface area contributed by atoms with Crippen molar-refractivity contribution in [2.45, 2.75) is 39.3 Å². The number of nitrogens with zero attached hydrogens (tertiary/aromatic N) is 2. The maximum atomic E-state index is 12.9. The van der Waals surface area contributed by atoms with Gasteiger partial charge in [-0.3, -0.25) is 9.69 Å². The zero-order chi connectivity index (χ0) is 16.0. The number of likely N-dealkylation sites (N-methyl/N-ethyl adjacent to an activating group) is 2. The number of hydrogen-bond donors (Lipinski definition) is 1. The molecule has 21 heavy (non-hydrogen) atoms. The smallest absolute Gasteiger partial charge is 0.244 e. The minimum atomic E-state index is -0.891. The summed E-state index contributed by atoms with van der Waals surface area (Å²) in [6.07, 6.45) is 0. The summed E-state index contributed by atoms with van der Waals surface area (Å²) in [5.74, 6) is 0.0372. The molecule has 0 radical (unpaired) electrons. The van der Waals surface area contributed by atoms with Crippen LogP contribution in [0.2, 0.25) is 0 Å². The Labute approximate surface area is 128 Å². The SMILES string of the molecule is CCN(CC(C)(C)O)C(=O)C(c1ccccc1)N(C)CC. The van der Waals surface area contributed by atoms with Gasteiger partial charge in [-0.05, 0) is 39.9 Å². The van der Waals surface area contributed by atoms with Gasteiger partial charge in [0.1, 0.15) is 6.04 Å². The average molecular weight is 292 g/mol. The fraction of sp³-hybridized carbons (Fsp3) is 0.588. The highest BCUT2D eigenvalue weighted by Crippen LogP contribution is 2.22. The zero-order valence-electron chi connectivity index (χ0n) is 13.8. The van der Waals surface area contributed by atoms with E-state index in [0.717, 1.165) is 12.1 Å². The first-order chi connectivity index (χ1) is 9.80. The molecular formula is C17H28N2O2. The van der Waals surface area contributed by atoms with Gasteiger partial charge in [0.25, 0.3) is 0 Å². The van der Waals surface area contributed by atoms with Crippen LogP contribution in [0.4, 0.5) is 0 Å². The van der Waals surface area contributed by atoms with Crippen molar-refractivity contribution in [2.24, 2.45) is 0 Å². The van der Waals surface area contributed by atoms with Crippen LogP contribution in [-0.4, -0.2) is 53.1 Å². The fourth-order valence-corrected chi connectivity index (χ4v) is 2.39. The second-order valence-corrected chi connectivity index (χ2v) is 6.05. The van der Waals surface area contributed by atoms with Crippen molar-refractivity contribution < 1.29 is 9.90 Å². The number of hydrogen-bond acceptors (Lipinski definition) is 3. The zero-order valence-corrected chi connectivity index (χ0v) is 13.8. The molecule has 1 aromatic rings. The first-order valence-corrected chi connectivity index (χ1v) is 7.56. The molecule has 1 atom stereocenters. The van der Waals surface area contributed by atoms with Crippen LogP contribution in [0.5, 0.6) is 0 Å². The Bertz CT molecular complexity index is 440. The number of carbonyl (C=O) groups is 1. The lowest BCUT2D eigenvalue weighted by atomic mass is 10.0. The second kappa shape index (κ2) is 7.57. The molecule has 0 aliphatic rings. The lowest BCUT2D eigenvalue weighted by molar-refractivity contribution is -0.139. The molecule has 0 bridgehead atoms. The molecule has 4 heteroatoms. The Kier molecular flexibility index (Phi) is 6.37. The third-order valence-electron chi connectivity index (χ3n) is 3.56. The normalized spacial score (nSPS) is 13.3. The van der Waals surface area contributed by atoms with Crippen LogP contribution in [0, 0.1) is 0 Å². The van der Waals surface area contributed by atoms with Gasteiger partial charge < -0.3 is 10.0 Å². The average Bonchev–Trinajstić information content (AvgIpc) is 2.44. The summed E-state index contributed by atoms with van der Waals surface area (Å²) in [6, 6.07) is 9.50. The molecule has 0 aliphatic carbocycles. The van der Waals surface area contributed by atoms with Crippen LogP contribution in [0.15, 0.2) is 30.3 Å². The predicted octanol–water partition coefficient (Wildman–Crippen LogP) is 2.30. The molecule has 1 unspecified atom stereocenters. The summed E-state index contributed by atoms with van der Waals surface area (Å²) in [6.45, 7) is 9.14. The fourth-order valence-electron chi connectivity index (χ4n) is 2.39. The van der Waals surface area contributed by atoms with Gasteiger partial charge in [-0.25, -0.2) is 0 Å². The highest BCUT2D eigenvalue weighted by Gasteiger charge is 2.30. The van der Waals surface area contributed by atoms with Crippen LogP contribution in [0.1, 0.15) is 39.3 Å². The summed E-state index contributed by atoms with van der Waals surface area (Å²) in [4.78, 5) is 16.7. The summed E-state index contributed by atoms with van der Waals surface area (Å²) >= 11 is 0. The molecular weight excluding hydrogens is 264 g/mol. The Morgan fingerprint density at radius 1 is 1.19 bits per heavy atom. The van der Waals surface area contributed by atoms with E-state index in [1.807, 2.05) is 56.1 Å². The van der Waals surface area contributed by atoms with E-state index in [1.54, 1.807) is 18.7 Å². The third kappa shape index (κ3) is 5.14. The molecule has 0 saturated heterocycles. The molecule has 0 aromatic heterocycles. The second-order valence-electron chi connectivity index (χ2n) is 6.05. The molecule has 0 fully saturated rings. The maximum Gasteiger partial charge on any atom is 0.244 e. The van der Waals surface area contributed by atoms with Gasteiger partial charge in [0.05, 0.1) is 5.60 Å². The van der Waals surface area contributed by atoms with Gasteiger partial charge in [0.15, 0.2) is 0 Å². The first kappa shape index (κ1) is 17.7. The van der Waals surface area contributed by atoms with Crippen LogP contribution < -0.4 is 0 Å². The molecule has 1 rings (SSSR count). The summed E-state index contributed by atoms with van der Waals surface area (Å²) < 4.78 is 0. The topological polar surface area (TPSA) is 43.8 Å². The van der Waals surface area contributed by atoms with Crippen molar-refractivity contribution >= 4 is 5.91 Å². The van der Waals surface area contributed by atoms with E-state index < -0.39 is 5.60 Å². The van der Waals surface area contributed by atoms with Crippen molar-refractivity contribution in [1.29, 1.82) is 0 Å². The van der Waals surface area contributed by atoms with Crippen LogP contribution in [0.3, 0.4) is 0 Å². The number of amides is 1. The molecule has 118 valence electrons. The Morgan fingerprint density at radius 2 is 1.76 bits per heavy atom. The molecule has 0 saturated carbocycles. The third-order valence-corrected chi connectivity index (χ3v) is 3.56. The monoisotopic (exact) mass is 292 g/mol. The van der Waals surface area contributed by atoms with Crippen molar-refractivity contribution in [2.75, 3.05) is 26.7 Å². The minimum absolute atomic E-state index is 0.0372. The van der Waals surface area contributed by atoms with Crippen molar-refractivity contribution in [1.82, 2.24) is 9.80 Å². The Morgan fingerprint density at radius 3 is 2.19 bits per heavy atom. The van der Waals surface area contributed by atoms with E-state index in [1.165, 1.54) is 0 Å². The van der Waals surface area contributed by atoms with Gasteiger partial charge in [-0.2, -0.15) is 0 Å². The summed E-state index contributed by atoms with van der Waals surface area (Å²) in [5, 5.41) is 10.0. The maximum absolute atomic E-state index is 12.9. The molecule has 0 heterocycles. The summed E-state index contributed by atoms with van der Waals surface area (Å²) in [5.41, 5.74) is 0.0959. The minimum Gasteiger partial charge on any atom is -0.389 e. The van der Waals surface area contributed by atoms with Gasteiger partial charge >= 0.3 is 0 Å². The molecule has 1 amide bonds. The van der Waals surface area contributed by atoms with Crippen molar-refractivity contribution in [3.63, 3.8) is 0 Å². The van der Waals surface area contributed by atoms with Gasteiger partial charge in [0, 0.05) is 13.1 Å². The highest BCUT2D eigenvalue weighted by atomic mass is 16.3. The molecule has 4 nitrogen and oxygen atoms in total. The van der Waals surface area contributed by atoms with E-state index in [9.17, 15) is 9.90 Å². The van der Waals surface area contributed by atoms with Gasteiger partial charge in [0.2, 0.25) is 5.91 Å². The Hall–Kier alpha value is -1.39. The van der Waals surface area contributed by atoms with Crippen LogP contribution >= 0.6 is 0 Å². The van der Waals surface area contributed by atoms with Crippen LogP contribution in [-0.2, 0) is 4.79 Å². The Balaban J connectivity index is 3.05. The van der Waals surface area contributed by atoms with E-state index in [0.29, 0.717) is 13.1 Å². The highest BCUT2D eigenvalue weighted by molar-refractivity contribution is 5.83. The van der Waals surface area contributed by atoms with E-state index in [-0.39, 0.29) is 11.9 Å². The van der Waals surface area contributed by atoms with Gasteiger partial charge in [-0.1, -0.05) is 37.3 Å². The summed E-state index contributed by atoms with van der Waals surface area (Å²) in [7, 11) is 1.95. The van der Waals surface area contributed by atoms with Crippen molar-refractivity contribution in [3.8, 4) is 0 Å². The predicted molar refractivity (Wildman–Crippen MR) is 86.0 cm³/mol. The van der Waals surface area contributed by atoms with Crippen LogP contribution in [0.25, 0.3) is 0 Å². The lowest BCUT2D eigenvalue weighted by Gasteiger charge is -2.34. The lowest BCUT2D eigenvalue weighted by Crippen LogP contribution is -2.47.